The highest BCUT2D eigenvalue weighted by molar-refractivity contribution is 7.92. The molecule has 0 saturated carbocycles. The molecular formula is C10H7ClN4O4S. The number of nitro groups is 1. The summed E-state index contributed by atoms with van der Waals surface area (Å²) < 4.78 is 26.2. The lowest BCUT2D eigenvalue weighted by Crippen LogP contribution is -2.14. The fraction of sp³-hybridized carbons (Fsp3) is 0. The first kappa shape index (κ1) is 14.2. The molecular weight excluding hydrogens is 308 g/mol. The van der Waals surface area contributed by atoms with Crippen molar-refractivity contribution in [3.05, 3.63) is 51.8 Å². The van der Waals surface area contributed by atoms with Gasteiger partial charge in [0.25, 0.3) is 10.0 Å². The van der Waals surface area contributed by atoms with Gasteiger partial charge in [-0.25, -0.2) is 13.4 Å². The molecule has 0 aliphatic rings. The van der Waals surface area contributed by atoms with Gasteiger partial charge < -0.3 is 10.1 Å². The minimum Gasteiger partial charge on any atom is -0.358 e. The first-order valence-electron chi connectivity index (χ1n) is 5.13. The maximum Gasteiger partial charge on any atom is 0.363 e. The Kier molecular flexibility index (Phi) is 3.81. The lowest BCUT2D eigenvalue weighted by atomic mass is 10.5. The zero-order valence-electron chi connectivity index (χ0n) is 9.72. The largest absolute Gasteiger partial charge is 0.363 e. The number of sulfonamides is 1. The van der Waals surface area contributed by atoms with Crippen LogP contribution in [0.3, 0.4) is 0 Å². The van der Waals surface area contributed by atoms with Gasteiger partial charge in [0.2, 0.25) is 0 Å². The Hall–Kier alpha value is -2.26. The molecule has 0 radical (unpaired) electrons. The molecule has 2 aromatic rings. The first-order chi connectivity index (χ1) is 9.38. The molecule has 0 spiro atoms. The fourth-order valence-electron chi connectivity index (χ4n) is 1.30. The molecule has 2 heterocycles. The molecule has 0 aromatic carbocycles. The van der Waals surface area contributed by atoms with E-state index in [4.69, 9.17) is 11.6 Å². The van der Waals surface area contributed by atoms with Crippen LogP contribution in [0.4, 0.5) is 11.6 Å². The molecule has 2 aromatic heterocycles. The molecule has 10 heteroatoms. The highest BCUT2D eigenvalue weighted by Gasteiger charge is 2.18. The topological polar surface area (TPSA) is 115 Å². The van der Waals surface area contributed by atoms with Gasteiger partial charge in [0.15, 0.2) is 6.20 Å². The van der Waals surface area contributed by atoms with E-state index in [-0.39, 0.29) is 10.7 Å². The van der Waals surface area contributed by atoms with Crippen molar-refractivity contribution in [1.29, 1.82) is 0 Å². The minimum absolute atomic E-state index is 0.0378. The summed E-state index contributed by atoms with van der Waals surface area (Å²) in [6.45, 7) is 0. The van der Waals surface area contributed by atoms with Gasteiger partial charge in [-0.3, -0.25) is 4.72 Å². The first-order valence-corrected chi connectivity index (χ1v) is 6.99. The predicted octanol–water partition coefficient (Wildman–Crippen LogP) is 1.84. The van der Waals surface area contributed by atoms with Crippen LogP contribution in [0, 0.1) is 10.1 Å². The zero-order valence-corrected chi connectivity index (χ0v) is 11.3. The van der Waals surface area contributed by atoms with Gasteiger partial charge in [0.1, 0.15) is 10.7 Å². The standard InChI is InChI=1S/C10H7ClN4O4S/c11-7-3-4-12-9(5-7)14-20(18,19)8-1-2-10(13-6-8)15(16)17/h1-6H,(H,12,14). The molecule has 104 valence electrons. The number of hydrogen-bond donors (Lipinski definition) is 1. The summed E-state index contributed by atoms with van der Waals surface area (Å²) in [7, 11) is -3.93. The van der Waals surface area contributed by atoms with Gasteiger partial charge in [-0.2, -0.15) is 0 Å². The second-order valence-corrected chi connectivity index (χ2v) is 5.69. The lowest BCUT2D eigenvalue weighted by Gasteiger charge is -2.05. The Morgan fingerprint density at radius 3 is 2.55 bits per heavy atom. The molecule has 20 heavy (non-hydrogen) atoms. The number of nitrogens with one attached hydrogen (secondary N) is 1. The van der Waals surface area contributed by atoms with Gasteiger partial charge >= 0.3 is 5.82 Å². The van der Waals surface area contributed by atoms with Crippen LogP contribution in [-0.4, -0.2) is 23.3 Å². The van der Waals surface area contributed by atoms with Crippen LogP contribution in [0.1, 0.15) is 0 Å². The second-order valence-electron chi connectivity index (χ2n) is 3.57. The minimum atomic E-state index is -3.93. The third-order valence-corrected chi connectivity index (χ3v) is 3.75. The Bertz CT molecular complexity index is 748. The Morgan fingerprint density at radius 1 is 1.25 bits per heavy atom. The van der Waals surface area contributed by atoms with Gasteiger partial charge in [-0.05, 0) is 22.0 Å². The number of pyridine rings is 2. The average molecular weight is 315 g/mol. The van der Waals surface area contributed by atoms with Crippen molar-refractivity contribution in [2.75, 3.05) is 4.72 Å². The second kappa shape index (κ2) is 5.39. The van der Waals surface area contributed by atoms with Crippen LogP contribution < -0.4 is 4.72 Å². The molecule has 8 nitrogen and oxygen atoms in total. The van der Waals surface area contributed by atoms with E-state index in [0.29, 0.717) is 5.02 Å². The van der Waals surface area contributed by atoms with E-state index >= 15 is 0 Å². The number of halogens is 1. The third kappa shape index (κ3) is 3.19. The summed E-state index contributed by atoms with van der Waals surface area (Å²) in [6.07, 6.45) is 2.24. The van der Waals surface area contributed by atoms with Crippen molar-refractivity contribution in [2.45, 2.75) is 4.90 Å². The fourth-order valence-corrected chi connectivity index (χ4v) is 2.40. The summed E-state index contributed by atoms with van der Waals surface area (Å²) in [5, 5.41) is 10.8. The predicted molar refractivity (Wildman–Crippen MR) is 70.9 cm³/mol. The zero-order chi connectivity index (χ0) is 14.8. The van der Waals surface area contributed by atoms with Crippen LogP contribution in [0.15, 0.2) is 41.6 Å². The van der Waals surface area contributed by atoms with E-state index < -0.39 is 20.8 Å². The van der Waals surface area contributed by atoms with E-state index in [9.17, 15) is 18.5 Å². The van der Waals surface area contributed by atoms with Gasteiger partial charge in [-0.15, -0.1) is 0 Å². The van der Waals surface area contributed by atoms with Crippen LogP contribution in [-0.2, 0) is 10.0 Å². The molecule has 0 bridgehead atoms. The molecule has 0 aliphatic heterocycles. The van der Waals surface area contributed by atoms with Crippen molar-refractivity contribution in [3.8, 4) is 0 Å². The number of aromatic nitrogens is 2. The Balaban J connectivity index is 2.28. The van der Waals surface area contributed by atoms with Crippen LogP contribution in [0.2, 0.25) is 5.02 Å². The quantitative estimate of drug-likeness (QED) is 0.680. The van der Waals surface area contributed by atoms with Gasteiger partial charge in [-0.1, -0.05) is 11.6 Å². The maximum absolute atomic E-state index is 12.0. The number of nitrogens with zero attached hydrogens (tertiary/aromatic N) is 3. The summed E-state index contributed by atoms with van der Waals surface area (Å²) >= 11 is 5.71. The SMILES string of the molecule is O=[N+]([O-])c1ccc(S(=O)(=O)Nc2cc(Cl)ccn2)cn1. The van der Waals surface area contributed by atoms with Crippen LogP contribution in [0.25, 0.3) is 0 Å². The Morgan fingerprint density at radius 2 is 2.00 bits per heavy atom. The van der Waals surface area contributed by atoms with Crippen LogP contribution >= 0.6 is 11.6 Å². The van der Waals surface area contributed by atoms with E-state index in [1.54, 1.807) is 0 Å². The number of anilines is 1. The van der Waals surface area contributed by atoms with Crippen molar-refractivity contribution in [1.82, 2.24) is 9.97 Å². The average Bonchev–Trinajstić information content (AvgIpc) is 2.38. The molecule has 0 aliphatic carbocycles. The highest BCUT2D eigenvalue weighted by Crippen LogP contribution is 2.18. The molecule has 0 unspecified atom stereocenters. The van der Waals surface area contributed by atoms with Crippen molar-refractivity contribution in [3.63, 3.8) is 0 Å². The van der Waals surface area contributed by atoms with Gasteiger partial charge in [0, 0.05) is 23.4 Å². The molecule has 2 rings (SSSR count). The summed E-state index contributed by atoms with van der Waals surface area (Å²) in [5.41, 5.74) is 0. The summed E-state index contributed by atoms with van der Waals surface area (Å²) in [4.78, 5) is 16.7. The molecule has 1 N–H and O–H groups in total. The van der Waals surface area contributed by atoms with Crippen molar-refractivity contribution < 1.29 is 13.3 Å². The van der Waals surface area contributed by atoms with Crippen LogP contribution in [0.5, 0.6) is 0 Å². The normalized spacial score (nSPS) is 11.1. The molecule has 0 saturated heterocycles. The van der Waals surface area contributed by atoms with Crippen molar-refractivity contribution in [2.24, 2.45) is 0 Å². The third-order valence-electron chi connectivity index (χ3n) is 2.18. The maximum atomic E-state index is 12.0. The monoisotopic (exact) mass is 314 g/mol. The molecule has 0 fully saturated rings. The van der Waals surface area contributed by atoms with E-state index in [1.165, 1.54) is 18.3 Å². The van der Waals surface area contributed by atoms with E-state index in [1.807, 2.05) is 0 Å². The van der Waals surface area contributed by atoms with Crippen molar-refractivity contribution >= 4 is 33.3 Å². The number of rotatable bonds is 4. The molecule has 0 amide bonds. The highest BCUT2D eigenvalue weighted by atomic mass is 35.5. The Labute approximate surface area is 118 Å². The lowest BCUT2D eigenvalue weighted by molar-refractivity contribution is -0.389. The van der Waals surface area contributed by atoms with E-state index in [2.05, 4.69) is 14.7 Å². The summed E-state index contributed by atoms with van der Waals surface area (Å²) in [6, 6.07) is 4.91. The summed E-state index contributed by atoms with van der Waals surface area (Å²) in [5.74, 6) is -0.402. The number of hydrogen-bond acceptors (Lipinski definition) is 6. The smallest absolute Gasteiger partial charge is 0.358 e. The van der Waals surface area contributed by atoms with E-state index in [0.717, 1.165) is 18.3 Å². The molecule has 0 atom stereocenters. The van der Waals surface area contributed by atoms with Gasteiger partial charge in [0.05, 0.1) is 0 Å².